The lowest BCUT2D eigenvalue weighted by Gasteiger charge is -2.38. The summed E-state index contributed by atoms with van der Waals surface area (Å²) in [6.07, 6.45) is 2.12. The van der Waals surface area contributed by atoms with Gasteiger partial charge in [-0.3, -0.25) is 4.90 Å². The molecule has 0 spiro atoms. The fourth-order valence-corrected chi connectivity index (χ4v) is 3.29. The molecule has 4 heteroatoms. The lowest BCUT2D eigenvalue weighted by molar-refractivity contribution is 0.0770. The minimum atomic E-state index is 0.171. The number of ether oxygens (including phenoxy) is 1. The van der Waals surface area contributed by atoms with E-state index in [1.54, 1.807) is 18.4 Å². The molecule has 3 nitrogen and oxygen atoms in total. The van der Waals surface area contributed by atoms with Crippen LogP contribution in [0.25, 0.3) is 0 Å². The molecule has 110 valence electrons. The smallest absolute Gasteiger partial charge is 0.0596 e. The summed E-state index contributed by atoms with van der Waals surface area (Å²) < 4.78 is 5.27. The van der Waals surface area contributed by atoms with Crippen LogP contribution < -0.4 is 5.73 Å². The van der Waals surface area contributed by atoms with Crippen molar-refractivity contribution in [2.45, 2.75) is 51.7 Å². The van der Waals surface area contributed by atoms with Crippen LogP contribution in [0, 0.1) is 0 Å². The summed E-state index contributed by atoms with van der Waals surface area (Å²) in [7, 11) is 1.76. The van der Waals surface area contributed by atoms with Gasteiger partial charge in [0.2, 0.25) is 0 Å². The van der Waals surface area contributed by atoms with Crippen molar-refractivity contribution in [1.29, 1.82) is 0 Å². The second-order valence-corrected chi connectivity index (χ2v) is 6.00. The summed E-state index contributed by atoms with van der Waals surface area (Å²) in [5.74, 6) is 0. The Morgan fingerprint density at radius 2 is 2.11 bits per heavy atom. The maximum absolute atomic E-state index is 6.40. The van der Waals surface area contributed by atoms with Crippen LogP contribution >= 0.6 is 11.3 Å². The van der Waals surface area contributed by atoms with E-state index in [1.807, 2.05) is 0 Å². The average Bonchev–Trinajstić information content (AvgIpc) is 2.95. The summed E-state index contributed by atoms with van der Waals surface area (Å²) in [6.45, 7) is 8.35. The minimum Gasteiger partial charge on any atom is -0.383 e. The predicted molar refractivity (Wildman–Crippen MR) is 83.7 cm³/mol. The van der Waals surface area contributed by atoms with Crippen LogP contribution in [-0.2, 0) is 4.74 Å². The topological polar surface area (TPSA) is 38.5 Å². The molecule has 0 amide bonds. The van der Waals surface area contributed by atoms with Crippen molar-refractivity contribution < 1.29 is 4.74 Å². The molecule has 0 radical (unpaired) electrons. The fraction of sp³-hybridized carbons (Fsp3) is 0.733. The Hall–Kier alpha value is -0.420. The lowest BCUT2D eigenvalue weighted by Crippen LogP contribution is -2.46. The van der Waals surface area contributed by atoms with Crippen LogP contribution in [0.2, 0.25) is 0 Å². The Kier molecular flexibility index (Phi) is 7.61. The molecule has 0 saturated carbocycles. The zero-order valence-electron chi connectivity index (χ0n) is 12.6. The van der Waals surface area contributed by atoms with Gasteiger partial charge in [0.15, 0.2) is 0 Å². The van der Waals surface area contributed by atoms with Gasteiger partial charge < -0.3 is 10.5 Å². The van der Waals surface area contributed by atoms with Gasteiger partial charge in [-0.1, -0.05) is 19.9 Å². The highest BCUT2D eigenvalue weighted by Crippen LogP contribution is 2.30. The van der Waals surface area contributed by atoms with E-state index in [0.29, 0.717) is 12.1 Å². The Morgan fingerprint density at radius 1 is 1.37 bits per heavy atom. The molecule has 0 saturated heterocycles. The Morgan fingerprint density at radius 3 is 2.58 bits per heavy atom. The van der Waals surface area contributed by atoms with Crippen LogP contribution in [0.15, 0.2) is 17.5 Å². The predicted octanol–water partition coefficient (Wildman–Crippen LogP) is 3.27. The fourth-order valence-electron chi connectivity index (χ4n) is 2.37. The van der Waals surface area contributed by atoms with Crippen LogP contribution in [0.3, 0.4) is 0 Å². The van der Waals surface area contributed by atoms with Crippen LogP contribution in [0.1, 0.15) is 44.5 Å². The molecule has 0 aliphatic rings. The SMILES string of the molecule is CCC(N)C(c1cccs1)N(CCOC)C(C)CC. The Bertz CT molecular complexity index is 329. The number of hydrogen-bond acceptors (Lipinski definition) is 4. The summed E-state index contributed by atoms with van der Waals surface area (Å²) in [5, 5.41) is 2.13. The number of nitrogens with zero attached hydrogens (tertiary/aromatic N) is 1. The summed E-state index contributed by atoms with van der Waals surface area (Å²) in [5.41, 5.74) is 6.40. The van der Waals surface area contributed by atoms with Crippen molar-refractivity contribution in [2.24, 2.45) is 5.73 Å². The summed E-state index contributed by atoms with van der Waals surface area (Å²) in [4.78, 5) is 3.87. The van der Waals surface area contributed by atoms with Crippen molar-refractivity contribution in [3.8, 4) is 0 Å². The van der Waals surface area contributed by atoms with Crippen LogP contribution in [0.4, 0.5) is 0 Å². The molecule has 0 aliphatic heterocycles. The molecule has 1 aromatic heterocycles. The molecule has 1 aromatic rings. The second-order valence-electron chi connectivity index (χ2n) is 5.02. The average molecular weight is 284 g/mol. The van der Waals surface area contributed by atoms with E-state index in [-0.39, 0.29) is 6.04 Å². The molecule has 19 heavy (non-hydrogen) atoms. The third-order valence-electron chi connectivity index (χ3n) is 3.78. The van der Waals surface area contributed by atoms with Gasteiger partial charge in [-0.25, -0.2) is 0 Å². The van der Waals surface area contributed by atoms with Crippen molar-refractivity contribution in [1.82, 2.24) is 4.90 Å². The maximum Gasteiger partial charge on any atom is 0.0596 e. The highest BCUT2D eigenvalue weighted by Gasteiger charge is 2.29. The highest BCUT2D eigenvalue weighted by molar-refractivity contribution is 7.10. The van der Waals surface area contributed by atoms with E-state index in [2.05, 4.69) is 43.2 Å². The number of methoxy groups -OCH3 is 1. The molecule has 1 heterocycles. The number of rotatable bonds is 9. The Balaban J connectivity index is 2.96. The van der Waals surface area contributed by atoms with Gasteiger partial charge in [0.05, 0.1) is 12.6 Å². The monoisotopic (exact) mass is 284 g/mol. The zero-order chi connectivity index (χ0) is 14.3. The molecular formula is C15H28N2OS. The molecule has 3 unspecified atom stereocenters. The van der Waals surface area contributed by atoms with Crippen LogP contribution in [-0.4, -0.2) is 37.2 Å². The van der Waals surface area contributed by atoms with E-state index < -0.39 is 0 Å². The molecular weight excluding hydrogens is 256 g/mol. The first-order valence-corrected chi connectivity index (χ1v) is 8.07. The lowest BCUT2D eigenvalue weighted by atomic mass is 10.0. The van der Waals surface area contributed by atoms with Crippen molar-refractivity contribution in [3.63, 3.8) is 0 Å². The van der Waals surface area contributed by atoms with Crippen LogP contribution in [0.5, 0.6) is 0 Å². The van der Waals surface area contributed by atoms with Gasteiger partial charge in [0.1, 0.15) is 0 Å². The van der Waals surface area contributed by atoms with E-state index in [4.69, 9.17) is 10.5 Å². The van der Waals surface area contributed by atoms with E-state index in [9.17, 15) is 0 Å². The van der Waals surface area contributed by atoms with E-state index >= 15 is 0 Å². The maximum atomic E-state index is 6.40. The zero-order valence-corrected chi connectivity index (χ0v) is 13.5. The van der Waals surface area contributed by atoms with Crippen molar-refractivity contribution in [2.75, 3.05) is 20.3 Å². The third-order valence-corrected chi connectivity index (χ3v) is 4.72. The summed E-state index contributed by atoms with van der Waals surface area (Å²) in [6, 6.07) is 5.30. The normalized spacial score (nSPS) is 16.5. The quantitative estimate of drug-likeness (QED) is 0.756. The van der Waals surface area contributed by atoms with E-state index in [0.717, 1.165) is 26.0 Å². The first kappa shape index (κ1) is 16.6. The molecule has 1 rings (SSSR count). The number of thiophene rings is 1. The first-order valence-electron chi connectivity index (χ1n) is 7.19. The van der Waals surface area contributed by atoms with Crippen molar-refractivity contribution in [3.05, 3.63) is 22.4 Å². The van der Waals surface area contributed by atoms with Crippen molar-refractivity contribution >= 4 is 11.3 Å². The standard InChI is InChI=1S/C15H28N2OS/c1-5-12(3)17(9-10-18-4)15(13(16)6-2)14-8-7-11-19-14/h7-8,11-13,15H,5-6,9-10,16H2,1-4H3. The molecule has 0 bridgehead atoms. The number of nitrogens with two attached hydrogens (primary N) is 1. The minimum absolute atomic E-state index is 0.171. The third kappa shape index (κ3) is 4.56. The number of hydrogen-bond donors (Lipinski definition) is 1. The van der Waals surface area contributed by atoms with Gasteiger partial charge in [0.25, 0.3) is 0 Å². The molecule has 0 aromatic carbocycles. The van der Waals surface area contributed by atoms with Gasteiger partial charge in [-0.15, -0.1) is 11.3 Å². The summed E-state index contributed by atoms with van der Waals surface area (Å²) >= 11 is 1.80. The van der Waals surface area contributed by atoms with Gasteiger partial charge in [-0.05, 0) is 31.2 Å². The Labute approximate surface area is 121 Å². The molecule has 0 fully saturated rings. The van der Waals surface area contributed by atoms with E-state index in [1.165, 1.54) is 4.88 Å². The molecule has 2 N–H and O–H groups in total. The molecule has 0 aliphatic carbocycles. The van der Waals surface area contributed by atoms with Gasteiger partial charge in [-0.2, -0.15) is 0 Å². The second kappa shape index (κ2) is 8.69. The molecule has 3 atom stereocenters. The largest absolute Gasteiger partial charge is 0.383 e. The first-order chi connectivity index (χ1) is 9.15. The van der Waals surface area contributed by atoms with Gasteiger partial charge >= 0.3 is 0 Å². The van der Waals surface area contributed by atoms with Gasteiger partial charge in [0, 0.05) is 30.6 Å². The highest BCUT2D eigenvalue weighted by atomic mass is 32.1.